The number of carbonyl (C=O) groups excluding carboxylic acids is 1. The van der Waals surface area contributed by atoms with Crippen molar-refractivity contribution in [3.05, 3.63) is 30.7 Å². The Morgan fingerprint density at radius 2 is 2.00 bits per heavy atom. The number of rotatable bonds is 1. The fraction of sp³-hybridized carbons (Fsp3) is 0.250. The molecule has 0 atom stereocenters. The molecule has 0 saturated heterocycles. The highest BCUT2D eigenvalue weighted by molar-refractivity contribution is 5.89. The van der Waals surface area contributed by atoms with E-state index in [4.69, 9.17) is 0 Å². The highest BCUT2D eigenvalue weighted by atomic mass is 19.1. The maximum atomic E-state index is 13.4. The van der Waals surface area contributed by atoms with Crippen molar-refractivity contribution in [1.82, 2.24) is 5.32 Å². The lowest BCUT2D eigenvalue weighted by molar-refractivity contribution is -0.127. The quantitative estimate of drug-likeness (QED) is 0.594. The van der Waals surface area contributed by atoms with Crippen molar-refractivity contribution in [2.45, 2.75) is 5.67 Å². The minimum absolute atomic E-state index is 0.641. The normalized spacial score (nSPS) is 19.8. The van der Waals surface area contributed by atoms with Gasteiger partial charge in [0, 0.05) is 13.5 Å². The molecule has 0 aliphatic heterocycles. The topological polar surface area (TPSA) is 29.1 Å². The molecule has 1 aliphatic rings. The SMILES string of the molecule is CNC(=O)C1(F)C=C[CH]C=C1. The molecule has 0 aromatic rings. The van der Waals surface area contributed by atoms with Crippen LogP contribution in [-0.2, 0) is 4.79 Å². The Balaban J connectivity index is 2.80. The minimum atomic E-state index is -1.95. The van der Waals surface area contributed by atoms with Gasteiger partial charge in [0.05, 0.1) is 0 Å². The van der Waals surface area contributed by atoms with E-state index in [2.05, 4.69) is 5.32 Å². The lowest BCUT2D eigenvalue weighted by atomic mass is 9.99. The number of allylic oxidation sites excluding steroid dienone is 2. The first-order valence-corrected chi connectivity index (χ1v) is 3.30. The van der Waals surface area contributed by atoms with Gasteiger partial charge in [0.1, 0.15) is 0 Å². The van der Waals surface area contributed by atoms with Gasteiger partial charge in [0.25, 0.3) is 5.91 Å². The molecule has 3 heteroatoms. The Bertz CT molecular complexity index is 208. The van der Waals surface area contributed by atoms with Gasteiger partial charge in [-0.1, -0.05) is 12.2 Å². The number of hydrogen-bond acceptors (Lipinski definition) is 1. The lowest BCUT2D eigenvalue weighted by Crippen LogP contribution is -2.39. The second kappa shape index (κ2) is 2.86. The van der Waals surface area contributed by atoms with Crippen LogP contribution in [0.4, 0.5) is 4.39 Å². The summed E-state index contributed by atoms with van der Waals surface area (Å²) in [6, 6.07) is 0. The lowest BCUT2D eigenvalue weighted by Gasteiger charge is -2.17. The van der Waals surface area contributed by atoms with Crippen LogP contribution in [0, 0.1) is 6.42 Å². The molecule has 0 aromatic carbocycles. The van der Waals surface area contributed by atoms with E-state index in [-0.39, 0.29) is 0 Å². The van der Waals surface area contributed by atoms with E-state index in [0.29, 0.717) is 0 Å². The molecule has 1 N–H and O–H groups in total. The number of halogens is 1. The van der Waals surface area contributed by atoms with Gasteiger partial charge in [0.15, 0.2) is 0 Å². The van der Waals surface area contributed by atoms with E-state index in [1.54, 1.807) is 6.42 Å². The molecule has 0 heterocycles. The number of alkyl halides is 1. The average Bonchev–Trinajstić information content (AvgIpc) is 2.04. The molecule has 0 saturated carbocycles. The van der Waals surface area contributed by atoms with E-state index >= 15 is 0 Å². The summed E-state index contributed by atoms with van der Waals surface area (Å²) in [5.74, 6) is -0.641. The van der Waals surface area contributed by atoms with Crippen molar-refractivity contribution in [2.75, 3.05) is 7.05 Å². The van der Waals surface area contributed by atoms with Gasteiger partial charge in [-0.25, -0.2) is 4.39 Å². The zero-order valence-corrected chi connectivity index (χ0v) is 6.17. The molecule has 0 aromatic heterocycles. The second-order valence-electron chi connectivity index (χ2n) is 2.26. The molecule has 1 aliphatic carbocycles. The second-order valence-corrected chi connectivity index (χ2v) is 2.26. The van der Waals surface area contributed by atoms with Crippen molar-refractivity contribution >= 4 is 5.91 Å². The summed E-state index contributed by atoms with van der Waals surface area (Å²) in [6.45, 7) is 0. The highest BCUT2D eigenvalue weighted by Gasteiger charge is 2.32. The molecule has 11 heavy (non-hydrogen) atoms. The van der Waals surface area contributed by atoms with Gasteiger partial charge >= 0.3 is 0 Å². The predicted molar refractivity (Wildman–Crippen MR) is 40.5 cm³/mol. The van der Waals surface area contributed by atoms with Gasteiger partial charge in [-0.3, -0.25) is 4.79 Å². The number of amides is 1. The van der Waals surface area contributed by atoms with Gasteiger partial charge in [0.2, 0.25) is 5.67 Å². The van der Waals surface area contributed by atoms with Crippen LogP contribution in [0.3, 0.4) is 0 Å². The van der Waals surface area contributed by atoms with Crippen LogP contribution < -0.4 is 5.32 Å². The van der Waals surface area contributed by atoms with Crippen molar-refractivity contribution in [3.8, 4) is 0 Å². The Hall–Kier alpha value is -1.12. The van der Waals surface area contributed by atoms with Crippen LogP contribution in [0.25, 0.3) is 0 Å². The molecular weight excluding hydrogens is 145 g/mol. The van der Waals surface area contributed by atoms with Gasteiger partial charge in [-0.15, -0.1) is 0 Å². The number of nitrogens with one attached hydrogen (secondary N) is 1. The molecule has 1 radical (unpaired) electrons. The molecule has 59 valence electrons. The summed E-state index contributed by atoms with van der Waals surface area (Å²) in [5.41, 5.74) is -1.95. The van der Waals surface area contributed by atoms with E-state index in [1.807, 2.05) is 0 Å². The standard InChI is InChI=1S/C8H9FNO/c1-10-7(11)8(9)5-3-2-4-6-8/h2-6H,1H3,(H,10,11). The minimum Gasteiger partial charge on any atom is -0.356 e. The average molecular weight is 154 g/mol. The molecule has 0 unspecified atom stereocenters. The molecule has 0 fully saturated rings. The van der Waals surface area contributed by atoms with Crippen molar-refractivity contribution in [3.63, 3.8) is 0 Å². The maximum Gasteiger partial charge on any atom is 0.265 e. The van der Waals surface area contributed by atoms with E-state index in [9.17, 15) is 9.18 Å². The summed E-state index contributed by atoms with van der Waals surface area (Å²) >= 11 is 0. The van der Waals surface area contributed by atoms with E-state index < -0.39 is 11.6 Å². The van der Waals surface area contributed by atoms with Crippen LogP contribution >= 0.6 is 0 Å². The van der Waals surface area contributed by atoms with Gasteiger partial charge in [-0.05, 0) is 12.2 Å². The smallest absolute Gasteiger partial charge is 0.265 e. The monoisotopic (exact) mass is 154 g/mol. The summed E-state index contributed by atoms with van der Waals surface area (Å²) in [6.07, 6.45) is 7.11. The molecule has 0 bridgehead atoms. The van der Waals surface area contributed by atoms with Crippen molar-refractivity contribution in [1.29, 1.82) is 0 Å². The van der Waals surface area contributed by atoms with Gasteiger partial charge < -0.3 is 5.32 Å². The Morgan fingerprint density at radius 3 is 2.45 bits per heavy atom. The first kappa shape index (κ1) is 7.98. The van der Waals surface area contributed by atoms with Crippen LogP contribution in [0.15, 0.2) is 24.3 Å². The first-order valence-electron chi connectivity index (χ1n) is 3.30. The largest absolute Gasteiger partial charge is 0.356 e. The highest BCUT2D eigenvalue weighted by Crippen LogP contribution is 2.19. The summed E-state index contributed by atoms with van der Waals surface area (Å²) in [4.78, 5) is 10.9. The predicted octanol–water partition coefficient (Wildman–Crippen LogP) is 0.771. The van der Waals surface area contributed by atoms with Gasteiger partial charge in [-0.2, -0.15) is 0 Å². The first-order chi connectivity index (χ1) is 5.19. The third-order valence-electron chi connectivity index (χ3n) is 1.47. The van der Waals surface area contributed by atoms with Crippen LogP contribution in [0.2, 0.25) is 0 Å². The summed E-state index contributed by atoms with van der Waals surface area (Å²) < 4.78 is 13.4. The van der Waals surface area contributed by atoms with E-state index in [1.165, 1.54) is 31.4 Å². The Morgan fingerprint density at radius 1 is 1.45 bits per heavy atom. The Labute approximate surface area is 64.8 Å². The molecule has 0 spiro atoms. The molecule has 2 nitrogen and oxygen atoms in total. The Kier molecular flexibility index (Phi) is 2.08. The fourth-order valence-electron chi connectivity index (χ4n) is 0.854. The zero-order valence-electron chi connectivity index (χ0n) is 6.17. The maximum absolute atomic E-state index is 13.4. The van der Waals surface area contributed by atoms with Crippen molar-refractivity contribution < 1.29 is 9.18 Å². The number of hydrogen-bond donors (Lipinski definition) is 1. The summed E-state index contributed by atoms with van der Waals surface area (Å²) in [5, 5.41) is 2.24. The van der Waals surface area contributed by atoms with Crippen LogP contribution in [0.5, 0.6) is 0 Å². The van der Waals surface area contributed by atoms with Crippen LogP contribution in [-0.4, -0.2) is 18.6 Å². The molecular formula is C8H9FNO. The fourth-order valence-corrected chi connectivity index (χ4v) is 0.854. The summed E-state index contributed by atoms with van der Waals surface area (Å²) in [7, 11) is 1.41. The number of carbonyl (C=O) groups is 1. The molecule has 1 amide bonds. The third-order valence-corrected chi connectivity index (χ3v) is 1.47. The van der Waals surface area contributed by atoms with E-state index in [0.717, 1.165) is 0 Å². The zero-order chi connectivity index (χ0) is 8.32. The van der Waals surface area contributed by atoms with Crippen LogP contribution in [0.1, 0.15) is 0 Å². The third kappa shape index (κ3) is 1.48. The molecule has 1 rings (SSSR count). The van der Waals surface area contributed by atoms with Crippen molar-refractivity contribution in [2.24, 2.45) is 0 Å².